The second-order valence-corrected chi connectivity index (χ2v) is 5.80. The number of carbonyl (C=O) groups excluding carboxylic acids is 1. The molecule has 0 saturated carbocycles. The van der Waals surface area contributed by atoms with Crippen molar-refractivity contribution in [2.45, 2.75) is 13.0 Å². The monoisotopic (exact) mass is 315 g/mol. The molecule has 0 aromatic heterocycles. The Morgan fingerprint density at radius 3 is 2.70 bits per heavy atom. The first-order valence-corrected chi connectivity index (χ1v) is 7.49. The molecular formula is C14H19Cl2N3O. The Hall–Kier alpha value is -0.810. The summed E-state index contributed by atoms with van der Waals surface area (Å²) in [6.07, 6.45) is 0. The average molecular weight is 316 g/mol. The molecule has 1 unspecified atom stereocenters. The number of nitrogens with zero attached hydrogens (tertiary/aromatic N) is 1. The number of hydrogen-bond donors (Lipinski definition) is 2. The van der Waals surface area contributed by atoms with E-state index < -0.39 is 0 Å². The molecule has 20 heavy (non-hydrogen) atoms. The number of rotatable bonds is 4. The minimum Gasteiger partial charge on any atom is -0.348 e. The first-order valence-electron chi connectivity index (χ1n) is 6.73. The summed E-state index contributed by atoms with van der Waals surface area (Å²) in [4.78, 5) is 14.2. The van der Waals surface area contributed by atoms with Crippen molar-refractivity contribution in [2.24, 2.45) is 0 Å². The molecule has 6 heteroatoms. The van der Waals surface area contributed by atoms with Crippen LogP contribution in [0.25, 0.3) is 0 Å². The van der Waals surface area contributed by atoms with Crippen LogP contribution in [0.2, 0.25) is 10.0 Å². The third-order valence-corrected chi connectivity index (χ3v) is 4.14. The van der Waals surface area contributed by atoms with Gasteiger partial charge in [0.05, 0.1) is 22.6 Å². The molecule has 1 fully saturated rings. The lowest BCUT2D eigenvalue weighted by Crippen LogP contribution is -2.47. The summed E-state index contributed by atoms with van der Waals surface area (Å²) < 4.78 is 0. The Morgan fingerprint density at radius 2 is 2.05 bits per heavy atom. The van der Waals surface area contributed by atoms with Crippen molar-refractivity contribution in [3.05, 3.63) is 33.8 Å². The van der Waals surface area contributed by atoms with Gasteiger partial charge in [0, 0.05) is 26.2 Å². The SMILES string of the molecule is CC(NC(=O)CN1CCNCC1)c1ccc(Cl)c(Cl)c1. The van der Waals surface area contributed by atoms with E-state index >= 15 is 0 Å². The maximum absolute atomic E-state index is 12.0. The highest BCUT2D eigenvalue weighted by atomic mass is 35.5. The molecule has 1 amide bonds. The zero-order valence-corrected chi connectivity index (χ0v) is 13.0. The van der Waals surface area contributed by atoms with Crippen LogP contribution < -0.4 is 10.6 Å². The zero-order valence-electron chi connectivity index (χ0n) is 11.5. The van der Waals surface area contributed by atoms with Crippen LogP contribution in [-0.2, 0) is 4.79 Å². The Bertz CT molecular complexity index is 475. The molecule has 110 valence electrons. The van der Waals surface area contributed by atoms with Gasteiger partial charge in [-0.1, -0.05) is 29.3 Å². The van der Waals surface area contributed by atoms with Gasteiger partial charge in [-0.2, -0.15) is 0 Å². The van der Waals surface area contributed by atoms with Crippen LogP contribution in [0.5, 0.6) is 0 Å². The minimum absolute atomic E-state index is 0.0328. The standard InChI is InChI=1S/C14H19Cl2N3O/c1-10(11-2-3-12(15)13(16)8-11)18-14(20)9-19-6-4-17-5-7-19/h2-3,8,10,17H,4-7,9H2,1H3,(H,18,20). The van der Waals surface area contributed by atoms with E-state index in [0.29, 0.717) is 16.6 Å². The van der Waals surface area contributed by atoms with Gasteiger partial charge in [0.2, 0.25) is 5.91 Å². The van der Waals surface area contributed by atoms with E-state index in [-0.39, 0.29) is 11.9 Å². The molecule has 2 rings (SSSR count). The third kappa shape index (κ3) is 4.35. The van der Waals surface area contributed by atoms with Crippen LogP contribution in [0.15, 0.2) is 18.2 Å². The Labute approximate surface area is 129 Å². The summed E-state index contributed by atoms with van der Waals surface area (Å²) in [6, 6.07) is 5.34. The number of hydrogen-bond acceptors (Lipinski definition) is 3. The van der Waals surface area contributed by atoms with Gasteiger partial charge in [-0.15, -0.1) is 0 Å². The van der Waals surface area contributed by atoms with Crippen LogP contribution in [0, 0.1) is 0 Å². The van der Waals surface area contributed by atoms with Crippen LogP contribution in [0.4, 0.5) is 0 Å². The number of carbonyl (C=O) groups is 1. The summed E-state index contributed by atoms with van der Waals surface area (Å²) in [5, 5.41) is 7.28. The highest BCUT2D eigenvalue weighted by molar-refractivity contribution is 6.42. The van der Waals surface area contributed by atoms with Crippen molar-refractivity contribution in [1.82, 2.24) is 15.5 Å². The lowest BCUT2D eigenvalue weighted by atomic mass is 10.1. The number of piperazine rings is 1. The number of benzene rings is 1. The van der Waals surface area contributed by atoms with Gasteiger partial charge in [-0.3, -0.25) is 9.69 Å². The molecule has 4 nitrogen and oxygen atoms in total. The molecule has 1 atom stereocenters. The van der Waals surface area contributed by atoms with E-state index in [1.54, 1.807) is 12.1 Å². The molecule has 2 N–H and O–H groups in total. The fourth-order valence-corrected chi connectivity index (χ4v) is 2.53. The number of halogens is 2. The normalized spacial score (nSPS) is 17.8. The molecular weight excluding hydrogens is 297 g/mol. The van der Waals surface area contributed by atoms with Crippen LogP contribution >= 0.6 is 23.2 Å². The second kappa shape index (κ2) is 7.27. The largest absolute Gasteiger partial charge is 0.348 e. The summed E-state index contributed by atoms with van der Waals surface area (Å²) in [7, 11) is 0. The summed E-state index contributed by atoms with van der Waals surface area (Å²) in [6.45, 7) is 6.08. The van der Waals surface area contributed by atoms with Gasteiger partial charge in [0.15, 0.2) is 0 Å². The van der Waals surface area contributed by atoms with Crippen molar-refractivity contribution in [2.75, 3.05) is 32.7 Å². The van der Waals surface area contributed by atoms with E-state index in [0.717, 1.165) is 31.7 Å². The molecule has 1 aliphatic rings. The van der Waals surface area contributed by atoms with Crippen molar-refractivity contribution in [3.63, 3.8) is 0 Å². The highest BCUT2D eigenvalue weighted by Gasteiger charge is 2.16. The molecule has 0 radical (unpaired) electrons. The first-order chi connectivity index (χ1) is 9.56. The first kappa shape index (κ1) is 15.6. The predicted octanol–water partition coefficient (Wildman–Crippen LogP) is 2.08. The Kier molecular flexibility index (Phi) is 5.66. The highest BCUT2D eigenvalue weighted by Crippen LogP contribution is 2.25. The Balaban J connectivity index is 1.87. The maximum Gasteiger partial charge on any atom is 0.234 e. The van der Waals surface area contributed by atoms with Gasteiger partial charge in [0.1, 0.15) is 0 Å². The fraction of sp³-hybridized carbons (Fsp3) is 0.500. The smallest absolute Gasteiger partial charge is 0.234 e. The lowest BCUT2D eigenvalue weighted by molar-refractivity contribution is -0.123. The van der Waals surface area contributed by atoms with Crippen LogP contribution in [0.3, 0.4) is 0 Å². The predicted molar refractivity (Wildman–Crippen MR) is 82.3 cm³/mol. The summed E-state index contributed by atoms with van der Waals surface area (Å²) in [5.41, 5.74) is 0.952. The molecule has 0 bridgehead atoms. The summed E-state index contributed by atoms with van der Waals surface area (Å²) in [5.74, 6) is 0.0328. The van der Waals surface area contributed by atoms with E-state index in [2.05, 4.69) is 15.5 Å². The van der Waals surface area contributed by atoms with Gasteiger partial charge in [-0.25, -0.2) is 0 Å². The molecule has 1 aromatic rings. The third-order valence-electron chi connectivity index (χ3n) is 3.40. The second-order valence-electron chi connectivity index (χ2n) is 4.99. The zero-order chi connectivity index (χ0) is 14.5. The molecule has 0 aliphatic carbocycles. The van der Waals surface area contributed by atoms with E-state index in [1.165, 1.54) is 0 Å². The molecule has 1 saturated heterocycles. The summed E-state index contributed by atoms with van der Waals surface area (Å²) >= 11 is 11.9. The maximum atomic E-state index is 12.0. The lowest BCUT2D eigenvalue weighted by Gasteiger charge is -2.27. The van der Waals surface area contributed by atoms with Gasteiger partial charge in [0.25, 0.3) is 0 Å². The van der Waals surface area contributed by atoms with Gasteiger partial charge < -0.3 is 10.6 Å². The van der Waals surface area contributed by atoms with Crippen molar-refractivity contribution >= 4 is 29.1 Å². The number of amides is 1. The van der Waals surface area contributed by atoms with Crippen molar-refractivity contribution in [3.8, 4) is 0 Å². The molecule has 1 aliphatic heterocycles. The van der Waals surface area contributed by atoms with E-state index in [1.807, 2.05) is 13.0 Å². The molecule has 1 heterocycles. The molecule has 0 spiro atoms. The Morgan fingerprint density at radius 1 is 1.35 bits per heavy atom. The van der Waals surface area contributed by atoms with Crippen LogP contribution in [0.1, 0.15) is 18.5 Å². The van der Waals surface area contributed by atoms with Gasteiger partial charge >= 0.3 is 0 Å². The van der Waals surface area contributed by atoms with Crippen LogP contribution in [-0.4, -0.2) is 43.5 Å². The van der Waals surface area contributed by atoms with Crippen molar-refractivity contribution in [1.29, 1.82) is 0 Å². The van der Waals surface area contributed by atoms with Gasteiger partial charge in [-0.05, 0) is 24.6 Å². The minimum atomic E-state index is -0.0832. The quantitative estimate of drug-likeness (QED) is 0.894. The number of nitrogens with one attached hydrogen (secondary N) is 2. The van der Waals surface area contributed by atoms with Crippen molar-refractivity contribution < 1.29 is 4.79 Å². The fourth-order valence-electron chi connectivity index (χ4n) is 2.22. The molecule has 1 aromatic carbocycles. The average Bonchev–Trinajstić information content (AvgIpc) is 2.42. The van der Waals surface area contributed by atoms with E-state index in [4.69, 9.17) is 23.2 Å². The van der Waals surface area contributed by atoms with E-state index in [9.17, 15) is 4.79 Å². The topological polar surface area (TPSA) is 44.4 Å².